The fraction of sp³-hybridized carbons (Fsp3) is 0.111. The van der Waals surface area contributed by atoms with Gasteiger partial charge in [0.1, 0.15) is 0 Å². The maximum atomic E-state index is 6.03. The van der Waals surface area contributed by atoms with E-state index in [1.54, 1.807) is 6.92 Å². The highest BCUT2D eigenvalue weighted by atomic mass is 127. The van der Waals surface area contributed by atoms with Crippen LogP contribution >= 0.6 is 34.2 Å². The molecule has 15 heavy (non-hydrogen) atoms. The van der Waals surface area contributed by atoms with Gasteiger partial charge in [0.25, 0.3) is 0 Å². The molecular formula is C9H6ClIN4. The Morgan fingerprint density at radius 3 is 2.47 bits per heavy atom. The summed E-state index contributed by atoms with van der Waals surface area (Å²) in [6.07, 6.45) is 0. The van der Waals surface area contributed by atoms with Crippen LogP contribution < -0.4 is 0 Å². The molecular weight excluding hydrogens is 326 g/mol. The first-order valence-electron chi connectivity index (χ1n) is 4.16. The van der Waals surface area contributed by atoms with Crippen molar-refractivity contribution in [1.82, 2.24) is 20.4 Å². The number of aromatic nitrogens is 4. The molecule has 4 nitrogen and oxygen atoms in total. The summed E-state index contributed by atoms with van der Waals surface area (Å²) in [4.78, 5) is 0. The molecule has 2 rings (SSSR count). The normalized spacial score (nSPS) is 10.3. The standard InChI is InChI=1S/C9H6ClIN4/c1-5-12-14-9(15-13-5)7-4-6(11)2-3-8(7)10/h2-4H,1H3. The Morgan fingerprint density at radius 2 is 1.80 bits per heavy atom. The van der Waals surface area contributed by atoms with E-state index >= 15 is 0 Å². The summed E-state index contributed by atoms with van der Waals surface area (Å²) in [5, 5.41) is 16.2. The lowest BCUT2D eigenvalue weighted by atomic mass is 10.2. The van der Waals surface area contributed by atoms with E-state index in [-0.39, 0.29) is 0 Å². The predicted octanol–water partition coefficient (Wildman–Crippen LogP) is 2.50. The number of hydrogen-bond acceptors (Lipinski definition) is 4. The zero-order valence-electron chi connectivity index (χ0n) is 7.78. The smallest absolute Gasteiger partial charge is 0.131 e. The van der Waals surface area contributed by atoms with Crippen molar-refractivity contribution in [3.63, 3.8) is 0 Å². The molecule has 1 heterocycles. The van der Waals surface area contributed by atoms with Crippen LogP contribution in [0.5, 0.6) is 0 Å². The van der Waals surface area contributed by atoms with Crippen LogP contribution in [0.25, 0.3) is 11.4 Å². The minimum atomic E-state index is 0.448. The van der Waals surface area contributed by atoms with Gasteiger partial charge in [-0.2, -0.15) is 0 Å². The van der Waals surface area contributed by atoms with Crippen molar-refractivity contribution in [2.45, 2.75) is 6.92 Å². The molecule has 1 aromatic heterocycles. The maximum absolute atomic E-state index is 6.03. The molecule has 0 aliphatic rings. The van der Waals surface area contributed by atoms with Crippen molar-refractivity contribution in [2.75, 3.05) is 0 Å². The summed E-state index contributed by atoms with van der Waals surface area (Å²) in [5.74, 6) is 0.990. The van der Waals surface area contributed by atoms with Gasteiger partial charge in [-0.3, -0.25) is 0 Å². The topological polar surface area (TPSA) is 51.6 Å². The minimum absolute atomic E-state index is 0.448. The van der Waals surface area contributed by atoms with Crippen LogP contribution in [0.15, 0.2) is 18.2 Å². The fourth-order valence-corrected chi connectivity index (χ4v) is 1.75. The second kappa shape index (κ2) is 4.36. The highest BCUT2D eigenvalue weighted by Crippen LogP contribution is 2.25. The van der Waals surface area contributed by atoms with Gasteiger partial charge in [0, 0.05) is 9.13 Å². The summed E-state index contributed by atoms with van der Waals surface area (Å²) in [6.45, 7) is 1.74. The van der Waals surface area contributed by atoms with Crippen LogP contribution in [0.3, 0.4) is 0 Å². The van der Waals surface area contributed by atoms with E-state index in [0.717, 1.165) is 9.13 Å². The molecule has 0 aliphatic carbocycles. The Balaban J connectivity index is 2.53. The molecule has 0 saturated heterocycles. The third-order valence-corrected chi connectivity index (χ3v) is 2.75. The van der Waals surface area contributed by atoms with Gasteiger partial charge in [-0.1, -0.05) is 11.6 Å². The number of nitrogens with zero attached hydrogens (tertiary/aromatic N) is 4. The number of rotatable bonds is 1. The molecule has 0 unspecified atom stereocenters. The van der Waals surface area contributed by atoms with E-state index < -0.39 is 0 Å². The highest BCUT2D eigenvalue weighted by Gasteiger charge is 2.08. The van der Waals surface area contributed by atoms with Crippen molar-refractivity contribution < 1.29 is 0 Å². The first-order valence-corrected chi connectivity index (χ1v) is 5.62. The highest BCUT2D eigenvalue weighted by molar-refractivity contribution is 14.1. The van der Waals surface area contributed by atoms with Gasteiger partial charge in [0.2, 0.25) is 5.82 Å². The average Bonchev–Trinajstić information content (AvgIpc) is 2.23. The van der Waals surface area contributed by atoms with Gasteiger partial charge < -0.3 is 0 Å². The first kappa shape index (κ1) is 10.7. The first-order chi connectivity index (χ1) is 7.16. The Labute approximate surface area is 105 Å². The summed E-state index contributed by atoms with van der Waals surface area (Å²) in [7, 11) is 0. The van der Waals surface area contributed by atoms with E-state index in [9.17, 15) is 0 Å². The Kier molecular flexibility index (Phi) is 3.11. The molecule has 0 spiro atoms. The Hall–Kier alpha value is -0.820. The van der Waals surface area contributed by atoms with Gasteiger partial charge in [0.05, 0.1) is 5.02 Å². The molecule has 0 atom stereocenters. The lowest BCUT2D eigenvalue weighted by Crippen LogP contribution is -1.99. The van der Waals surface area contributed by atoms with Crippen LogP contribution in [0.4, 0.5) is 0 Å². The summed E-state index contributed by atoms with van der Waals surface area (Å²) >= 11 is 8.23. The molecule has 0 aliphatic heterocycles. The van der Waals surface area contributed by atoms with E-state index in [4.69, 9.17) is 11.6 Å². The van der Waals surface area contributed by atoms with Gasteiger partial charge >= 0.3 is 0 Å². The number of benzene rings is 1. The average molecular weight is 333 g/mol. The molecule has 0 bridgehead atoms. The van der Waals surface area contributed by atoms with E-state index in [0.29, 0.717) is 16.7 Å². The SMILES string of the molecule is Cc1nnc(-c2cc(I)ccc2Cl)nn1. The Morgan fingerprint density at radius 1 is 1.13 bits per heavy atom. The van der Waals surface area contributed by atoms with Gasteiger partial charge in [0.15, 0.2) is 5.82 Å². The van der Waals surface area contributed by atoms with Crippen molar-refractivity contribution in [3.05, 3.63) is 32.6 Å². The summed E-state index contributed by atoms with van der Waals surface area (Å²) in [6, 6.07) is 5.63. The summed E-state index contributed by atoms with van der Waals surface area (Å²) < 4.78 is 1.07. The van der Waals surface area contributed by atoms with Crippen molar-refractivity contribution >= 4 is 34.2 Å². The molecule has 0 saturated carbocycles. The van der Waals surface area contributed by atoms with Crippen LogP contribution in [-0.4, -0.2) is 20.4 Å². The molecule has 0 amide bonds. The van der Waals surface area contributed by atoms with Crippen molar-refractivity contribution in [1.29, 1.82) is 0 Å². The Bertz CT molecular complexity index is 486. The monoisotopic (exact) mass is 332 g/mol. The van der Waals surface area contributed by atoms with Crippen molar-refractivity contribution in [3.8, 4) is 11.4 Å². The summed E-state index contributed by atoms with van der Waals surface area (Å²) in [5.41, 5.74) is 0.753. The molecule has 1 aromatic carbocycles. The lowest BCUT2D eigenvalue weighted by Gasteiger charge is -2.01. The van der Waals surface area contributed by atoms with Crippen molar-refractivity contribution in [2.24, 2.45) is 0 Å². The molecule has 0 radical (unpaired) electrons. The van der Waals surface area contributed by atoms with Gasteiger partial charge in [-0.05, 0) is 47.7 Å². The van der Waals surface area contributed by atoms with Crippen LogP contribution in [0.2, 0.25) is 5.02 Å². The number of hydrogen-bond donors (Lipinski definition) is 0. The largest absolute Gasteiger partial charge is 0.205 e. The maximum Gasteiger partial charge on any atom is 0.205 e. The molecule has 2 aromatic rings. The fourth-order valence-electron chi connectivity index (χ4n) is 1.06. The number of halogens is 2. The predicted molar refractivity (Wildman–Crippen MR) is 65.5 cm³/mol. The molecule has 0 N–H and O–H groups in total. The number of aryl methyl sites for hydroxylation is 1. The zero-order chi connectivity index (χ0) is 10.8. The van der Waals surface area contributed by atoms with E-state index in [1.165, 1.54) is 0 Å². The van der Waals surface area contributed by atoms with Crippen LogP contribution in [0.1, 0.15) is 5.82 Å². The third kappa shape index (κ3) is 2.40. The third-order valence-electron chi connectivity index (χ3n) is 1.75. The van der Waals surface area contributed by atoms with Gasteiger partial charge in [-0.15, -0.1) is 20.4 Å². The van der Waals surface area contributed by atoms with E-state index in [2.05, 4.69) is 43.0 Å². The quantitative estimate of drug-likeness (QED) is 0.753. The second-order valence-electron chi connectivity index (χ2n) is 2.89. The molecule has 0 fully saturated rings. The minimum Gasteiger partial charge on any atom is -0.131 e. The molecule has 76 valence electrons. The zero-order valence-corrected chi connectivity index (χ0v) is 10.7. The lowest BCUT2D eigenvalue weighted by molar-refractivity contribution is 0.816. The molecule has 6 heteroatoms. The van der Waals surface area contributed by atoms with Gasteiger partial charge in [-0.25, -0.2) is 0 Å². The van der Waals surface area contributed by atoms with Crippen LogP contribution in [-0.2, 0) is 0 Å². The van der Waals surface area contributed by atoms with E-state index in [1.807, 2.05) is 18.2 Å². The second-order valence-corrected chi connectivity index (χ2v) is 4.55. The van der Waals surface area contributed by atoms with Crippen LogP contribution in [0, 0.1) is 10.5 Å².